The van der Waals surface area contributed by atoms with Crippen LogP contribution in [0, 0.1) is 0 Å². The molecule has 2 aromatic carbocycles. The van der Waals surface area contributed by atoms with Gasteiger partial charge in [-0.15, -0.1) is 0 Å². The molecule has 0 bridgehead atoms. The van der Waals surface area contributed by atoms with Crippen molar-refractivity contribution in [2.75, 3.05) is 27.3 Å². The van der Waals surface area contributed by atoms with Crippen LogP contribution in [0.3, 0.4) is 0 Å². The summed E-state index contributed by atoms with van der Waals surface area (Å²) in [6.07, 6.45) is 0. The number of carbonyl (C=O) groups excluding carboxylic acids is 1. The lowest BCUT2D eigenvalue weighted by Crippen LogP contribution is -2.33. The van der Waals surface area contributed by atoms with Crippen molar-refractivity contribution in [3.63, 3.8) is 0 Å². The van der Waals surface area contributed by atoms with Gasteiger partial charge in [-0.3, -0.25) is 14.7 Å². The summed E-state index contributed by atoms with van der Waals surface area (Å²) in [6.45, 7) is 1.10. The first kappa shape index (κ1) is 19.9. The Morgan fingerprint density at radius 1 is 1.19 bits per heavy atom. The summed E-state index contributed by atoms with van der Waals surface area (Å²) >= 11 is 13.5. The van der Waals surface area contributed by atoms with Gasteiger partial charge in [-0.05, 0) is 29.8 Å². The maximum absolute atomic E-state index is 13.1. The predicted molar refractivity (Wildman–Crippen MR) is 111 cm³/mol. The Morgan fingerprint density at radius 2 is 2.00 bits per heavy atom. The highest BCUT2D eigenvalue weighted by atomic mass is 35.5. The topological polar surface area (TPSA) is 51.1 Å². The summed E-state index contributed by atoms with van der Waals surface area (Å²) in [4.78, 5) is 19.2. The van der Waals surface area contributed by atoms with E-state index in [4.69, 9.17) is 32.7 Å². The number of amides is 1. The van der Waals surface area contributed by atoms with Crippen LogP contribution in [-0.4, -0.2) is 43.3 Å². The molecule has 0 radical (unpaired) electrons. The molecule has 8 heteroatoms. The van der Waals surface area contributed by atoms with Crippen LogP contribution >= 0.6 is 35.0 Å². The van der Waals surface area contributed by atoms with Gasteiger partial charge >= 0.3 is 0 Å². The van der Waals surface area contributed by atoms with Crippen LogP contribution in [0.4, 0.5) is 0 Å². The molecule has 0 atom stereocenters. The van der Waals surface area contributed by atoms with Crippen molar-refractivity contribution in [1.29, 1.82) is 0 Å². The fraction of sp³-hybridized carbons (Fsp3) is 0.263. The van der Waals surface area contributed by atoms with Crippen molar-refractivity contribution in [2.45, 2.75) is 5.75 Å². The molecule has 0 saturated heterocycles. The van der Waals surface area contributed by atoms with Gasteiger partial charge in [0.2, 0.25) is 0 Å². The molecule has 0 unspecified atom stereocenters. The van der Waals surface area contributed by atoms with E-state index in [0.717, 1.165) is 5.56 Å². The molecule has 0 fully saturated rings. The van der Waals surface area contributed by atoms with Gasteiger partial charge in [0.25, 0.3) is 5.91 Å². The number of ether oxygens (including phenoxy) is 2. The molecule has 2 aromatic rings. The molecular formula is C19H18Cl2N2O3S. The van der Waals surface area contributed by atoms with E-state index < -0.39 is 0 Å². The molecule has 0 spiro atoms. The number of benzene rings is 2. The second-order valence-corrected chi connectivity index (χ2v) is 7.46. The molecule has 1 aliphatic rings. The van der Waals surface area contributed by atoms with Crippen LogP contribution in [0.2, 0.25) is 10.0 Å². The van der Waals surface area contributed by atoms with Gasteiger partial charge in [0.1, 0.15) is 0 Å². The molecular weight excluding hydrogens is 407 g/mol. The number of hydrogen-bond donors (Lipinski definition) is 0. The van der Waals surface area contributed by atoms with Crippen LogP contribution in [-0.2, 0) is 5.75 Å². The second kappa shape index (κ2) is 8.87. The van der Waals surface area contributed by atoms with Crippen LogP contribution in [0.5, 0.6) is 11.5 Å². The first-order chi connectivity index (χ1) is 13.0. The highest BCUT2D eigenvalue weighted by molar-refractivity contribution is 8.13. The SMILES string of the molecule is COc1cccc(C(=O)N2CCN=C2SCc2ccc(Cl)c(Cl)c2)c1OC. The lowest BCUT2D eigenvalue weighted by Gasteiger charge is -2.20. The molecule has 27 heavy (non-hydrogen) atoms. The lowest BCUT2D eigenvalue weighted by atomic mass is 10.1. The molecule has 0 aromatic heterocycles. The number of methoxy groups -OCH3 is 2. The first-order valence-corrected chi connectivity index (χ1v) is 9.93. The molecule has 3 rings (SSSR count). The third-order valence-electron chi connectivity index (χ3n) is 4.03. The Morgan fingerprint density at radius 3 is 2.70 bits per heavy atom. The number of carbonyl (C=O) groups is 1. The molecule has 1 heterocycles. The van der Waals surface area contributed by atoms with Gasteiger partial charge in [-0.1, -0.05) is 47.1 Å². The van der Waals surface area contributed by atoms with Crippen molar-refractivity contribution in [3.05, 3.63) is 57.6 Å². The largest absolute Gasteiger partial charge is 0.493 e. The molecule has 1 aliphatic heterocycles. The van der Waals surface area contributed by atoms with Crippen LogP contribution in [0.1, 0.15) is 15.9 Å². The summed E-state index contributed by atoms with van der Waals surface area (Å²) in [7, 11) is 3.06. The quantitative estimate of drug-likeness (QED) is 0.694. The first-order valence-electron chi connectivity index (χ1n) is 8.19. The van der Waals surface area contributed by atoms with Gasteiger partial charge in [0.15, 0.2) is 16.7 Å². The predicted octanol–water partition coefficient (Wildman–Crippen LogP) is 4.76. The summed E-state index contributed by atoms with van der Waals surface area (Å²) in [5.41, 5.74) is 1.46. The van der Waals surface area contributed by atoms with Crippen molar-refractivity contribution in [3.8, 4) is 11.5 Å². The van der Waals surface area contributed by atoms with Crippen LogP contribution in [0.25, 0.3) is 0 Å². The average Bonchev–Trinajstić information content (AvgIpc) is 3.16. The minimum absolute atomic E-state index is 0.163. The van der Waals surface area contributed by atoms with Crippen molar-refractivity contribution >= 4 is 46.0 Å². The molecule has 0 aliphatic carbocycles. The number of thioether (sulfide) groups is 1. The minimum Gasteiger partial charge on any atom is -0.493 e. The number of nitrogens with zero attached hydrogens (tertiary/aromatic N) is 2. The normalized spacial score (nSPS) is 13.5. The molecule has 1 amide bonds. The third kappa shape index (κ3) is 4.34. The fourth-order valence-electron chi connectivity index (χ4n) is 2.72. The number of hydrogen-bond acceptors (Lipinski definition) is 5. The number of rotatable bonds is 5. The van der Waals surface area contributed by atoms with E-state index in [1.54, 1.807) is 36.3 Å². The monoisotopic (exact) mass is 424 g/mol. The average molecular weight is 425 g/mol. The van der Waals surface area contributed by atoms with Gasteiger partial charge in [0.05, 0.1) is 36.4 Å². The smallest absolute Gasteiger partial charge is 0.263 e. The summed E-state index contributed by atoms with van der Waals surface area (Å²) < 4.78 is 10.7. The van der Waals surface area contributed by atoms with Crippen LogP contribution < -0.4 is 9.47 Å². The number of aliphatic imine (C=N–C) groups is 1. The van der Waals surface area contributed by atoms with Crippen molar-refractivity contribution in [2.24, 2.45) is 4.99 Å². The highest BCUT2D eigenvalue weighted by Crippen LogP contribution is 2.33. The Kier molecular flexibility index (Phi) is 6.52. The van der Waals surface area contributed by atoms with Gasteiger partial charge < -0.3 is 9.47 Å². The summed E-state index contributed by atoms with van der Waals surface area (Å²) in [5, 5.41) is 1.71. The standard InChI is InChI=1S/C19H18Cl2N2O3S/c1-25-16-5-3-4-13(17(16)26-2)18(24)23-9-8-22-19(23)27-11-12-6-7-14(20)15(21)10-12/h3-7,10H,8-9,11H2,1-2H3. The molecule has 0 N–H and O–H groups in total. The van der Waals surface area contributed by atoms with Crippen molar-refractivity contribution in [1.82, 2.24) is 4.90 Å². The van der Waals surface area contributed by atoms with E-state index in [0.29, 0.717) is 51.1 Å². The second-order valence-electron chi connectivity index (χ2n) is 5.70. The maximum atomic E-state index is 13.1. The van der Waals surface area contributed by atoms with Gasteiger partial charge in [-0.25, -0.2) is 0 Å². The highest BCUT2D eigenvalue weighted by Gasteiger charge is 2.28. The van der Waals surface area contributed by atoms with Gasteiger partial charge in [0, 0.05) is 12.3 Å². The zero-order chi connectivity index (χ0) is 19.4. The zero-order valence-corrected chi connectivity index (χ0v) is 17.2. The lowest BCUT2D eigenvalue weighted by molar-refractivity contribution is 0.0856. The Labute approximate surface area is 172 Å². The maximum Gasteiger partial charge on any atom is 0.263 e. The fourth-order valence-corrected chi connectivity index (χ4v) is 4.03. The van der Waals surface area contributed by atoms with Crippen LogP contribution in [0.15, 0.2) is 41.4 Å². The van der Waals surface area contributed by atoms with Gasteiger partial charge in [-0.2, -0.15) is 0 Å². The Balaban J connectivity index is 1.76. The van der Waals surface area contributed by atoms with Crippen molar-refractivity contribution < 1.29 is 14.3 Å². The number of amidine groups is 1. The van der Waals surface area contributed by atoms with E-state index in [1.807, 2.05) is 12.1 Å². The van der Waals surface area contributed by atoms with E-state index in [2.05, 4.69) is 4.99 Å². The molecule has 0 saturated carbocycles. The summed E-state index contributed by atoms with van der Waals surface area (Å²) in [6, 6.07) is 10.7. The summed E-state index contributed by atoms with van der Waals surface area (Å²) in [5.74, 6) is 1.41. The number of para-hydroxylation sites is 1. The molecule has 5 nitrogen and oxygen atoms in total. The molecule has 142 valence electrons. The number of halogens is 2. The van der Waals surface area contributed by atoms with E-state index in [1.165, 1.54) is 18.9 Å². The Bertz CT molecular complexity index is 889. The zero-order valence-electron chi connectivity index (χ0n) is 14.9. The van der Waals surface area contributed by atoms with E-state index >= 15 is 0 Å². The Hall–Kier alpha value is -1.89. The van der Waals surface area contributed by atoms with E-state index in [9.17, 15) is 4.79 Å². The third-order valence-corrected chi connectivity index (χ3v) is 5.86. The minimum atomic E-state index is -0.163. The van der Waals surface area contributed by atoms with E-state index in [-0.39, 0.29) is 5.91 Å².